The predicted molar refractivity (Wildman–Crippen MR) is 74.7 cm³/mol. The minimum atomic E-state index is -0.136. The maximum absolute atomic E-state index is 13.2. The van der Waals surface area contributed by atoms with E-state index in [2.05, 4.69) is 11.9 Å². The number of likely N-dealkylation sites (N-methyl/N-ethyl adjacent to an activating group) is 1. The molecular formula is C16H22FNO. The Morgan fingerprint density at radius 3 is 2.63 bits per heavy atom. The summed E-state index contributed by atoms with van der Waals surface area (Å²) >= 11 is 0. The molecule has 0 bridgehead atoms. The van der Waals surface area contributed by atoms with Gasteiger partial charge in [0.1, 0.15) is 11.6 Å². The van der Waals surface area contributed by atoms with Crippen molar-refractivity contribution in [3.8, 4) is 0 Å². The second-order valence-corrected chi connectivity index (χ2v) is 5.58. The summed E-state index contributed by atoms with van der Waals surface area (Å²) in [6.45, 7) is 2.76. The Labute approximate surface area is 114 Å². The highest BCUT2D eigenvalue weighted by Gasteiger charge is 2.21. The third-order valence-corrected chi connectivity index (χ3v) is 4.11. The van der Waals surface area contributed by atoms with Gasteiger partial charge in [0.05, 0.1) is 0 Å². The highest BCUT2D eigenvalue weighted by molar-refractivity contribution is 5.79. The molecule has 1 aliphatic carbocycles. The first-order chi connectivity index (χ1) is 9.06. The molecule has 0 amide bonds. The highest BCUT2D eigenvalue weighted by atomic mass is 19.1. The number of hydrogen-bond donors (Lipinski definition) is 0. The van der Waals surface area contributed by atoms with Crippen molar-refractivity contribution < 1.29 is 9.18 Å². The van der Waals surface area contributed by atoms with E-state index >= 15 is 0 Å². The number of halogens is 1. The van der Waals surface area contributed by atoms with E-state index in [1.807, 2.05) is 12.1 Å². The molecule has 1 fully saturated rings. The van der Waals surface area contributed by atoms with Crippen LogP contribution in [0.15, 0.2) is 18.2 Å². The Balaban J connectivity index is 1.84. The fourth-order valence-electron chi connectivity index (χ4n) is 2.72. The van der Waals surface area contributed by atoms with Crippen molar-refractivity contribution in [1.82, 2.24) is 4.90 Å². The first-order valence-corrected chi connectivity index (χ1v) is 7.03. The molecule has 3 heteroatoms. The number of aryl methyl sites for hydroxylation is 1. The van der Waals surface area contributed by atoms with Crippen LogP contribution in [-0.2, 0) is 11.2 Å². The van der Waals surface area contributed by atoms with Gasteiger partial charge in [-0.1, -0.05) is 12.1 Å². The summed E-state index contributed by atoms with van der Waals surface area (Å²) in [5, 5.41) is 0. The third-order valence-electron chi connectivity index (χ3n) is 4.11. The summed E-state index contributed by atoms with van der Waals surface area (Å²) in [5.74, 6) is 0.265. The van der Waals surface area contributed by atoms with Gasteiger partial charge in [0.25, 0.3) is 0 Å². The predicted octanol–water partition coefficient (Wildman–Crippen LogP) is 3.12. The van der Waals surface area contributed by atoms with Crippen LogP contribution in [0.2, 0.25) is 0 Å². The van der Waals surface area contributed by atoms with Gasteiger partial charge < -0.3 is 4.90 Å². The van der Waals surface area contributed by atoms with E-state index in [1.54, 1.807) is 13.0 Å². The lowest BCUT2D eigenvalue weighted by Gasteiger charge is -2.30. The number of Topliss-reactive ketones (excluding diaryl/α,β-unsaturated/α-hetero) is 1. The van der Waals surface area contributed by atoms with E-state index in [-0.39, 0.29) is 5.82 Å². The Morgan fingerprint density at radius 1 is 1.32 bits per heavy atom. The van der Waals surface area contributed by atoms with Crippen molar-refractivity contribution >= 4 is 5.78 Å². The molecule has 1 aromatic carbocycles. The lowest BCUT2D eigenvalue weighted by molar-refractivity contribution is -0.121. The molecule has 0 N–H and O–H groups in total. The van der Waals surface area contributed by atoms with Gasteiger partial charge in [0.2, 0.25) is 0 Å². The van der Waals surface area contributed by atoms with Gasteiger partial charge in [-0.2, -0.15) is 0 Å². The van der Waals surface area contributed by atoms with Crippen molar-refractivity contribution in [2.45, 2.75) is 45.1 Å². The Morgan fingerprint density at radius 2 is 2.00 bits per heavy atom. The molecule has 0 aliphatic heterocycles. The van der Waals surface area contributed by atoms with Crippen LogP contribution in [0.3, 0.4) is 0 Å². The smallest absolute Gasteiger partial charge is 0.133 e. The molecule has 0 saturated heterocycles. The van der Waals surface area contributed by atoms with Crippen molar-refractivity contribution in [2.24, 2.45) is 0 Å². The lowest BCUT2D eigenvalue weighted by atomic mass is 9.93. The van der Waals surface area contributed by atoms with E-state index in [4.69, 9.17) is 0 Å². The minimum absolute atomic E-state index is 0.136. The maximum atomic E-state index is 13.2. The second-order valence-electron chi connectivity index (χ2n) is 5.58. The van der Waals surface area contributed by atoms with Crippen molar-refractivity contribution in [2.75, 3.05) is 13.6 Å². The minimum Gasteiger partial charge on any atom is -0.303 e. The topological polar surface area (TPSA) is 20.3 Å². The molecule has 0 radical (unpaired) electrons. The zero-order valence-corrected chi connectivity index (χ0v) is 11.8. The molecule has 0 unspecified atom stereocenters. The Hall–Kier alpha value is -1.22. The second kappa shape index (κ2) is 6.29. The first kappa shape index (κ1) is 14.2. The summed E-state index contributed by atoms with van der Waals surface area (Å²) in [6.07, 6.45) is 4.35. The van der Waals surface area contributed by atoms with Crippen LogP contribution < -0.4 is 0 Å². The van der Waals surface area contributed by atoms with Gasteiger partial charge in [-0.15, -0.1) is 0 Å². The average molecular weight is 263 g/mol. The van der Waals surface area contributed by atoms with Crippen LogP contribution in [0.1, 0.15) is 36.8 Å². The molecule has 0 spiro atoms. The Kier molecular flexibility index (Phi) is 4.70. The monoisotopic (exact) mass is 263 g/mol. The highest BCUT2D eigenvalue weighted by Crippen LogP contribution is 2.20. The molecule has 0 aromatic heterocycles. The van der Waals surface area contributed by atoms with Crippen LogP contribution in [0.4, 0.5) is 4.39 Å². The molecule has 2 nitrogen and oxygen atoms in total. The normalized spacial score (nSPS) is 17.2. The van der Waals surface area contributed by atoms with Crippen molar-refractivity contribution in [3.05, 3.63) is 35.1 Å². The summed E-state index contributed by atoms with van der Waals surface area (Å²) < 4.78 is 13.2. The third kappa shape index (κ3) is 3.87. The quantitative estimate of drug-likeness (QED) is 0.832. The first-order valence-electron chi connectivity index (χ1n) is 7.03. The van der Waals surface area contributed by atoms with Gasteiger partial charge in [-0.05, 0) is 50.4 Å². The fourth-order valence-corrected chi connectivity index (χ4v) is 2.72. The van der Waals surface area contributed by atoms with Crippen LogP contribution in [0, 0.1) is 12.7 Å². The lowest BCUT2D eigenvalue weighted by Crippen LogP contribution is -2.36. The van der Waals surface area contributed by atoms with E-state index in [0.29, 0.717) is 17.4 Å². The molecule has 1 aliphatic rings. The number of carbonyl (C=O) groups excluding carboxylic acids is 1. The Bertz CT molecular complexity index is 448. The van der Waals surface area contributed by atoms with E-state index in [0.717, 1.165) is 38.6 Å². The van der Waals surface area contributed by atoms with Gasteiger partial charge >= 0.3 is 0 Å². The molecule has 104 valence electrons. The summed E-state index contributed by atoms with van der Waals surface area (Å²) in [4.78, 5) is 13.6. The molecule has 0 atom stereocenters. The molecule has 2 rings (SSSR count). The van der Waals surface area contributed by atoms with Crippen molar-refractivity contribution in [1.29, 1.82) is 0 Å². The zero-order valence-electron chi connectivity index (χ0n) is 11.8. The number of rotatable bonds is 4. The van der Waals surface area contributed by atoms with Crippen LogP contribution in [-0.4, -0.2) is 30.3 Å². The number of hydrogen-bond acceptors (Lipinski definition) is 2. The fraction of sp³-hybridized carbons (Fsp3) is 0.562. The molecule has 1 aromatic rings. The summed E-state index contributed by atoms with van der Waals surface area (Å²) in [7, 11) is 2.12. The van der Waals surface area contributed by atoms with E-state index < -0.39 is 0 Å². The van der Waals surface area contributed by atoms with Gasteiger partial charge in [-0.3, -0.25) is 4.79 Å². The van der Waals surface area contributed by atoms with Crippen molar-refractivity contribution in [3.63, 3.8) is 0 Å². The van der Waals surface area contributed by atoms with Gasteiger partial charge in [0, 0.05) is 25.4 Å². The van der Waals surface area contributed by atoms with E-state index in [9.17, 15) is 9.18 Å². The number of carbonyl (C=O) groups is 1. The van der Waals surface area contributed by atoms with Crippen LogP contribution in [0.25, 0.3) is 0 Å². The van der Waals surface area contributed by atoms with Gasteiger partial charge in [0.15, 0.2) is 0 Å². The number of ketones is 1. The van der Waals surface area contributed by atoms with Gasteiger partial charge in [-0.25, -0.2) is 4.39 Å². The molecule has 19 heavy (non-hydrogen) atoms. The molecular weight excluding hydrogens is 241 g/mol. The number of benzene rings is 1. The maximum Gasteiger partial charge on any atom is 0.133 e. The summed E-state index contributed by atoms with van der Waals surface area (Å²) in [5.41, 5.74) is 1.89. The SMILES string of the molecule is Cc1cc(CCN(C)C2CCC(=O)CC2)ccc1F. The number of nitrogens with zero attached hydrogens (tertiary/aromatic N) is 1. The largest absolute Gasteiger partial charge is 0.303 e. The molecule has 1 saturated carbocycles. The van der Waals surface area contributed by atoms with E-state index in [1.165, 1.54) is 5.56 Å². The average Bonchev–Trinajstić information content (AvgIpc) is 2.40. The summed E-state index contributed by atoms with van der Waals surface area (Å²) in [6, 6.07) is 5.86. The van der Waals surface area contributed by atoms with Crippen LogP contribution >= 0.6 is 0 Å². The van der Waals surface area contributed by atoms with Crippen LogP contribution in [0.5, 0.6) is 0 Å². The molecule has 0 heterocycles. The zero-order chi connectivity index (χ0) is 13.8. The standard InChI is InChI=1S/C16H22FNO/c1-12-11-13(3-8-16(12)17)9-10-18(2)14-4-6-15(19)7-5-14/h3,8,11,14H,4-7,9-10H2,1-2H3.